The predicted octanol–water partition coefficient (Wildman–Crippen LogP) is 3.19. The number of hydrogen-bond acceptors (Lipinski definition) is 3. The summed E-state index contributed by atoms with van der Waals surface area (Å²) in [6, 6.07) is 18.5. The van der Waals surface area contributed by atoms with E-state index in [1.807, 2.05) is 23.1 Å². The SMILES string of the molecule is Cc1ccc([C@@H](CC(=O)N2CCc3c(nc[nH]c3=O)C2)c2ccccc2)cc1. The highest BCUT2D eigenvalue weighted by atomic mass is 16.2. The van der Waals surface area contributed by atoms with E-state index in [-0.39, 0.29) is 17.4 Å². The summed E-state index contributed by atoms with van der Waals surface area (Å²) in [6.07, 6.45) is 2.35. The van der Waals surface area contributed by atoms with Crippen molar-refractivity contribution in [2.45, 2.75) is 32.2 Å². The summed E-state index contributed by atoms with van der Waals surface area (Å²) in [7, 11) is 0. The van der Waals surface area contributed by atoms with Gasteiger partial charge in [0.2, 0.25) is 5.91 Å². The lowest BCUT2D eigenvalue weighted by Gasteiger charge is -2.29. The fourth-order valence-electron chi connectivity index (χ4n) is 3.79. The molecule has 1 atom stereocenters. The van der Waals surface area contributed by atoms with Gasteiger partial charge in [0.15, 0.2) is 0 Å². The van der Waals surface area contributed by atoms with Crippen LogP contribution in [0.2, 0.25) is 0 Å². The van der Waals surface area contributed by atoms with Crippen LogP contribution >= 0.6 is 0 Å². The predicted molar refractivity (Wildman–Crippen MR) is 108 cm³/mol. The zero-order valence-corrected chi connectivity index (χ0v) is 15.9. The smallest absolute Gasteiger partial charge is 0.254 e. The third kappa shape index (κ3) is 3.74. The van der Waals surface area contributed by atoms with Crippen molar-refractivity contribution in [2.24, 2.45) is 0 Å². The lowest BCUT2D eigenvalue weighted by atomic mass is 9.87. The molecule has 2 heterocycles. The van der Waals surface area contributed by atoms with E-state index in [2.05, 4.69) is 53.3 Å². The third-order valence-electron chi connectivity index (χ3n) is 5.42. The topological polar surface area (TPSA) is 66.1 Å². The molecule has 0 unspecified atom stereocenters. The van der Waals surface area contributed by atoms with Gasteiger partial charge >= 0.3 is 0 Å². The van der Waals surface area contributed by atoms with Crippen LogP contribution in [-0.4, -0.2) is 27.3 Å². The summed E-state index contributed by atoms with van der Waals surface area (Å²) in [5.41, 5.74) is 4.77. The Kier molecular flexibility index (Phi) is 5.06. The van der Waals surface area contributed by atoms with E-state index < -0.39 is 0 Å². The number of H-pyrrole nitrogens is 1. The summed E-state index contributed by atoms with van der Waals surface area (Å²) in [5.74, 6) is 0.0880. The average molecular weight is 373 g/mol. The van der Waals surface area contributed by atoms with Crippen LogP contribution in [0.5, 0.6) is 0 Å². The maximum Gasteiger partial charge on any atom is 0.254 e. The van der Waals surface area contributed by atoms with Crippen molar-refractivity contribution < 1.29 is 4.79 Å². The van der Waals surface area contributed by atoms with Gasteiger partial charge in [-0.15, -0.1) is 0 Å². The molecule has 0 saturated heterocycles. The van der Waals surface area contributed by atoms with Crippen LogP contribution in [0.4, 0.5) is 0 Å². The second kappa shape index (κ2) is 7.80. The Labute approximate surface area is 164 Å². The standard InChI is InChI=1S/C23H23N3O2/c1-16-7-9-18(10-8-16)20(17-5-3-2-4-6-17)13-22(27)26-12-11-19-21(14-26)24-15-25-23(19)28/h2-10,15,20H,11-14H2,1H3,(H,24,25,28)/t20-/m0/s1. The second-order valence-electron chi connectivity index (χ2n) is 7.30. The summed E-state index contributed by atoms with van der Waals surface area (Å²) < 4.78 is 0. The quantitative estimate of drug-likeness (QED) is 0.764. The summed E-state index contributed by atoms with van der Waals surface area (Å²) in [5, 5.41) is 0. The number of amides is 1. The molecule has 0 saturated carbocycles. The number of aryl methyl sites for hydroxylation is 1. The van der Waals surface area contributed by atoms with Crippen LogP contribution in [0, 0.1) is 6.92 Å². The Morgan fingerprint density at radius 3 is 2.57 bits per heavy atom. The van der Waals surface area contributed by atoms with Gasteiger partial charge in [0.25, 0.3) is 5.56 Å². The van der Waals surface area contributed by atoms with E-state index in [1.54, 1.807) is 0 Å². The number of nitrogens with one attached hydrogen (secondary N) is 1. The van der Waals surface area contributed by atoms with Crippen molar-refractivity contribution in [2.75, 3.05) is 6.54 Å². The number of benzene rings is 2. The molecule has 3 aromatic rings. The Morgan fingerprint density at radius 2 is 1.82 bits per heavy atom. The van der Waals surface area contributed by atoms with Gasteiger partial charge in [-0.1, -0.05) is 60.2 Å². The Balaban J connectivity index is 1.58. The Hall–Kier alpha value is -3.21. The summed E-state index contributed by atoms with van der Waals surface area (Å²) >= 11 is 0. The number of aromatic nitrogens is 2. The van der Waals surface area contributed by atoms with Crippen molar-refractivity contribution in [1.82, 2.24) is 14.9 Å². The van der Waals surface area contributed by atoms with Crippen LogP contribution in [0.15, 0.2) is 65.7 Å². The highest BCUT2D eigenvalue weighted by molar-refractivity contribution is 5.78. The van der Waals surface area contributed by atoms with Crippen molar-refractivity contribution in [3.63, 3.8) is 0 Å². The zero-order valence-electron chi connectivity index (χ0n) is 15.9. The minimum atomic E-state index is -0.0982. The minimum Gasteiger partial charge on any atom is -0.336 e. The molecule has 0 aliphatic carbocycles. The third-order valence-corrected chi connectivity index (χ3v) is 5.42. The molecule has 5 heteroatoms. The molecule has 1 N–H and O–H groups in total. The molecular weight excluding hydrogens is 350 g/mol. The zero-order chi connectivity index (χ0) is 19.5. The second-order valence-corrected chi connectivity index (χ2v) is 7.30. The first kappa shape index (κ1) is 18.2. The highest BCUT2D eigenvalue weighted by Crippen LogP contribution is 2.29. The molecule has 5 nitrogen and oxygen atoms in total. The van der Waals surface area contributed by atoms with Gasteiger partial charge in [-0.05, 0) is 24.5 Å². The summed E-state index contributed by atoms with van der Waals surface area (Å²) in [6.45, 7) is 3.01. The van der Waals surface area contributed by atoms with Crippen LogP contribution in [0.3, 0.4) is 0 Å². The van der Waals surface area contributed by atoms with Gasteiger partial charge in [0, 0.05) is 24.4 Å². The van der Waals surface area contributed by atoms with Crippen molar-refractivity contribution >= 4 is 5.91 Å². The van der Waals surface area contributed by atoms with Gasteiger partial charge in [-0.25, -0.2) is 4.98 Å². The van der Waals surface area contributed by atoms with E-state index in [0.717, 1.165) is 11.1 Å². The van der Waals surface area contributed by atoms with Crippen LogP contribution in [-0.2, 0) is 17.8 Å². The van der Waals surface area contributed by atoms with Gasteiger partial charge < -0.3 is 9.88 Å². The fraction of sp³-hybridized carbons (Fsp3) is 0.261. The minimum absolute atomic E-state index is 0.00262. The lowest BCUT2D eigenvalue weighted by molar-refractivity contribution is -0.132. The van der Waals surface area contributed by atoms with Gasteiger partial charge in [-0.3, -0.25) is 9.59 Å². The first-order chi connectivity index (χ1) is 13.6. The van der Waals surface area contributed by atoms with Crippen molar-refractivity contribution in [1.29, 1.82) is 0 Å². The monoisotopic (exact) mass is 373 g/mol. The number of rotatable bonds is 4. The highest BCUT2D eigenvalue weighted by Gasteiger charge is 2.26. The molecule has 0 fully saturated rings. The molecule has 1 aliphatic rings. The number of aromatic amines is 1. The Bertz CT molecular complexity index is 1030. The maximum absolute atomic E-state index is 13.1. The normalized spacial score (nSPS) is 14.4. The van der Waals surface area contributed by atoms with Crippen LogP contribution in [0.25, 0.3) is 0 Å². The maximum atomic E-state index is 13.1. The molecule has 0 radical (unpaired) electrons. The first-order valence-electron chi connectivity index (χ1n) is 9.56. The molecule has 1 aliphatic heterocycles. The number of hydrogen-bond donors (Lipinski definition) is 1. The van der Waals surface area contributed by atoms with Crippen LogP contribution in [0.1, 0.15) is 40.3 Å². The van der Waals surface area contributed by atoms with E-state index >= 15 is 0 Å². The number of carbonyl (C=O) groups is 1. The van der Waals surface area contributed by atoms with E-state index in [0.29, 0.717) is 37.2 Å². The van der Waals surface area contributed by atoms with Gasteiger partial charge in [0.1, 0.15) is 0 Å². The first-order valence-corrected chi connectivity index (χ1v) is 9.56. The van der Waals surface area contributed by atoms with Crippen molar-refractivity contribution in [3.8, 4) is 0 Å². The molecule has 142 valence electrons. The molecule has 1 amide bonds. The largest absolute Gasteiger partial charge is 0.336 e. The van der Waals surface area contributed by atoms with Crippen LogP contribution < -0.4 is 5.56 Å². The average Bonchev–Trinajstić information content (AvgIpc) is 2.73. The van der Waals surface area contributed by atoms with E-state index in [1.165, 1.54) is 11.9 Å². The Morgan fingerprint density at radius 1 is 1.11 bits per heavy atom. The number of fused-ring (bicyclic) bond motifs is 1. The number of nitrogens with zero attached hydrogens (tertiary/aromatic N) is 2. The van der Waals surface area contributed by atoms with E-state index in [4.69, 9.17) is 0 Å². The molecule has 0 spiro atoms. The molecular formula is C23H23N3O2. The number of carbonyl (C=O) groups excluding carboxylic acids is 1. The fourth-order valence-corrected chi connectivity index (χ4v) is 3.79. The molecule has 28 heavy (non-hydrogen) atoms. The lowest BCUT2D eigenvalue weighted by Crippen LogP contribution is -2.39. The van der Waals surface area contributed by atoms with Gasteiger partial charge in [0.05, 0.1) is 18.6 Å². The molecule has 1 aromatic heterocycles. The molecule has 4 rings (SSSR count). The molecule has 0 bridgehead atoms. The van der Waals surface area contributed by atoms with Gasteiger partial charge in [-0.2, -0.15) is 0 Å². The van der Waals surface area contributed by atoms with E-state index in [9.17, 15) is 9.59 Å². The molecule has 2 aromatic carbocycles. The van der Waals surface area contributed by atoms with Crippen molar-refractivity contribution in [3.05, 3.63) is 99.2 Å². The summed E-state index contributed by atoms with van der Waals surface area (Å²) in [4.78, 5) is 33.7.